The van der Waals surface area contributed by atoms with E-state index in [1.807, 2.05) is 29.8 Å². The Balaban J connectivity index is 1.48. The standard InChI is InChI=1S/C39H28N4OS/c1-2-12-26(13-3-1)36-35(33-24-28-15-6-9-19-32(28)44-33)34(30-23-27-14-4-7-17-29(27)41-30)38(37(42-36)39-40-20-22-45-39)43-21-10-16-25-11-5-8-18-31(25)43/h1-9,11-15,17-20,22-24,41H,10,16,21H2. The number of anilines is 2. The summed E-state index contributed by atoms with van der Waals surface area (Å²) >= 11 is 1.62. The van der Waals surface area contributed by atoms with E-state index in [0.717, 1.165) is 91.5 Å². The highest BCUT2D eigenvalue weighted by Gasteiger charge is 2.32. The van der Waals surface area contributed by atoms with Crippen LogP contribution in [0.15, 0.2) is 131 Å². The number of para-hydroxylation sites is 3. The van der Waals surface area contributed by atoms with Crippen molar-refractivity contribution in [2.75, 3.05) is 11.4 Å². The maximum absolute atomic E-state index is 6.71. The Bertz CT molecular complexity index is 2250. The molecular weight excluding hydrogens is 573 g/mol. The Kier molecular flexibility index (Phi) is 6.13. The molecule has 0 atom stereocenters. The molecule has 5 heterocycles. The molecule has 8 aromatic rings. The number of aromatic amines is 1. The third-order valence-electron chi connectivity index (χ3n) is 8.71. The van der Waals surface area contributed by atoms with Gasteiger partial charge in [0, 0.05) is 56.9 Å². The second-order valence-corrected chi connectivity index (χ2v) is 12.3. The molecule has 0 radical (unpaired) electrons. The van der Waals surface area contributed by atoms with Crippen molar-refractivity contribution in [3.05, 3.63) is 132 Å². The summed E-state index contributed by atoms with van der Waals surface area (Å²) in [5.74, 6) is 0.786. The molecule has 4 aromatic heterocycles. The highest BCUT2D eigenvalue weighted by molar-refractivity contribution is 7.13. The first-order valence-corrected chi connectivity index (χ1v) is 16.2. The number of aryl methyl sites for hydroxylation is 1. The minimum atomic E-state index is 0.786. The minimum Gasteiger partial charge on any atom is -0.456 e. The quantitative estimate of drug-likeness (QED) is 0.214. The molecule has 0 saturated heterocycles. The van der Waals surface area contributed by atoms with Gasteiger partial charge >= 0.3 is 0 Å². The van der Waals surface area contributed by atoms with Crippen LogP contribution in [0.2, 0.25) is 0 Å². The lowest BCUT2D eigenvalue weighted by atomic mass is 9.92. The summed E-state index contributed by atoms with van der Waals surface area (Å²) < 4.78 is 6.71. The number of nitrogens with zero attached hydrogens (tertiary/aromatic N) is 3. The number of pyridine rings is 1. The summed E-state index contributed by atoms with van der Waals surface area (Å²) in [5, 5.41) is 5.13. The predicted molar refractivity (Wildman–Crippen MR) is 185 cm³/mol. The first-order valence-electron chi connectivity index (χ1n) is 15.3. The zero-order valence-electron chi connectivity index (χ0n) is 24.4. The van der Waals surface area contributed by atoms with Gasteiger partial charge in [-0.3, -0.25) is 0 Å². The van der Waals surface area contributed by atoms with Crippen molar-refractivity contribution < 1.29 is 4.42 Å². The van der Waals surface area contributed by atoms with Crippen molar-refractivity contribution in [3.8, 4) is 44.5 Å². The molecule has 0 unspecified atom stereocenters. The van der Waals surface area contributed by atoms with Crippen LogP contribution in [0.4, 0.5) is 11.4 Å². The zero-order chi connectivity index (χ0) is 29.7. The van der Waals surface area contributed by atoms with Crippen LogP contribution in [0, 0.1) is 0 Å². The number of H-pyrrole nitrogens is 1. The van der Waals surface area contributed by atoms with E-state index in [1.54, 1.807) is 11.3 Å². The lowest BCUT2D eigenvalue weighted by molar-refractivity contribution is 0.631. The van der Waals surface area contributed by atoms with Gasteiger partial charge in [0.25, 0.3) is 0 Å². The molecule has 1 aliphatic rings. The number of rotatable bonds is 5. The summed E-state index contributed by atoms with van der Waals surface area (Å²) in [7, 11) is 0. The normalized spacial score (nSPS) is 13.0. The van der Waals surface area contributed by atoms with E-state index in [4.69, 9.17) is 14.4 Å². The largest absolute Gasteiger partial charge is 0.456 e. The third kappa shape index (κ3) is 4.37. The Morgan fingerprint density at radius 3 is 2.40 bits per heavy atom. The second-order valence-electron chi connectivity index (χ2n) is 11.4. The van der Waals surface area contributed by atoms with Gasteiger partial charge in [-0.1, -0.05) is 84.9 Å². The van der Waals surface area contributed by atoms with E-state index in [9.17, 15) is 0 Å². The van der Waals surface area contributed by atoms with Gasteiger partial charge in [0.2, 0.25) is 0 Å². The Morgan fingerprint density at radius 1 is 0.756 bits per heavy atom. The van der Waals surface area contributed by atoms with Crippen LogP contribution in [-0.4, -0.2) is 21.5 Å². The fourth-order valence-corrected chi connectivity index (χ4v) is 7.34. The van der Waals surface area contributed by atoms with E-state index >= 15 is 0 Å². The summed E-state index contributed by atoms with van der Waals surface area (Å²) in [5.41, 5.74) is 11.3. The number of furan rings is 1. The molecule has 1 N–H and O–H groups in total. The van der Waals surface area contributed by atoms with Crippen LogP contribution in [-0.2, 0) is 6.42 Å². The number of thiazole rings is 1. The molecule has 0 fully saturated rings. The highest BCUT2D eigenvalue weighted by Crippen LogP contribution is 2.52. The number of fused-ring (bicyclic) bond motifs is 3. The van der Waals surface area contributed by atoms with Crippen molar-refractivity contribution in [3.63, 3.8) is 0 Å². The monoisotopic (exact) mass is 600 g/mol. The third-order valence-corrected chi connectivity index (χ3v) is 9.48. The summed E-state index contributed by atoms with van der Waals surface area (Å²) in [4.78, 5) is 16.7. The number of aromatic nitrogens is 3. The van der Waals surface area contributed by atoms with E-state index in [2.05, 4.69) is 107 Å². The molecule has 4 aromatic carbocycles. The summed E-state index contributed by atoms with van der Waals surface area (Å²) in [6, 6.07) is 40.3. The van der Waals surface area contributed by atoms with Crippen molar-refractivity contribution >= 4 is 44.6 Å². The van der Waals surface area contributed by atoms with Gasteiger partial charge in [0.1, 0.15) is 22.0 Å². The van der Waals surface area contributed by atoms with Crippen LogP contribution >= 0.6 is 11.3 Å². The molecule has 0 aliphatic carbocycles. The molecule has 45 heavy (non-hydrogen) atoms. The fraction of sp³-hybridized carbons (Fsp3) is 0.0769. The van der Waals surface area contributed by atoms with Crippen LogP contribution in [0.3, 0.4) is 0 Å². The average Bonchev–Trinajstić information content (AvgIpc) is 3.87. The van der Waals surface area contributed by atoms with Gasteiger partial charge < -0.3 is 14.3 Å². The summed E-state index contributed by atoms with van der Waals surface area (Å²) in [6.45, 7) is 0.870. The number of benzene rings is 4. The van der Waals surface area contributed by atoms with Crippen LogP contribution in [0.25, 0.3) is 66.4 Å². The van der Waals surface area contributed by atoms with Crippen LogP contribution < -0.4 is 4.90 Å². The molecule has 0 amide bonds. The molecule has 0 bridgehead atoms. The smallest absolute Gasteiger partial charge is 0.143 e. The van der Waals surface area contributed by atoms with Gasteiger partial charge in [0.15, 0.2) is 0 Å². The van der Waals surface area contributed by atoms with Crippen molar-refractivity contribution in [2.24, 2.45) is 0 Å². The number of nitrogens with one attached hydrogen (secondary N) is 1. The van der Waals surface area contributed by atoms with Crippen LogP contribution in [0.5, 0.6) is 0 Å². The van der Waals surface area contributed by atoms with Gasteiger partial charge in [-0.15, -0.1) is 11.3 Å². The van der Waals surface area contributed by atoms with Gasteiger partial charge in [-0.25, -0.2) is 9.97 Å². The minimum absolute atomic E-state index is 0.786. The lowest BCUT2D eigenvalue weighted by Crippen LogP contribution is -2.26. The summed E-state index contributed by atoms with van der Waals surface area (Å²) in [6.07, 6.45) is 3.96. The maximum atomic E-state index is 6.71. The van der Waals surface area contributed by atoms with E-state index in [0.29, 0.717) is 0 Å². The molecule has 1 aliphatic heterocycles. The molecule has 0 saturated carbocycles. The van der Waals surface area contributed by atoms with E-state index in [-0.39, 0.29) is 0 Å². The maximum Gasteiger partial charge on any atom is 0.143 e. The lowest BCUT2D eigenvalue weighted by Gasteiger charge is -2.34. The first kappa shape index (κ1) is 26.0. The fourth-order valence-electron chi connectivity index (χ4n) is 6.71. The molecule has 6 heteroatoms. The first-order chi connectivity index (χ1) is 22.3. The molecule has 9 rings (SSSR count). The van der Waals surface area contributed by atoms with Gasteiger partial charge in [-0.2, -0.15) is 0 Å². The second kappa shape index (κ2) is 10.6. The van der Waals surface area contributed by atoms with Crippen molar-refractivity contribution in [2.45, 2.75) is 12.8 Å². The molecular formula is C39H28N4OS. The van der Waals surface area contributed by atoms with Gasteiger partial charge in [-0.05, 0) is 48.7 Å². The molecule has 216 valence electrons. The van der Waals surface area contributed by atoms with Crippen molar-refractivity contribution in [1.29, 1.82) is 0 Å². The average molecular weight is 601 g/mol. The van der Waals surface area contributed by atoms with E-state index in [1.165, 1.54) is 11.3 Å². The number of hydrogen-bond donors (Lipinski definition) is 1. The predicted octanol–water partition coefficient (Wildman–Crippen LogP) is 10.5. The molecule has 0 spiro atoms. The Hall–Kier alpha value is -5.46. The van der Waals surface area contributed by atoms with E-state index < -0.39 is 0 Å². The Labute approximate surface area is 264 Å². The van der Waals surface area contributed by atoms with Crippen molar-refractivity contribution in [1.82, 2.24) is 15.0 Å². The number of hydrogen-bond acceptors (Lipinski definition) is 5. The zero-order valence-corrected chi connectivity index (χ0v) is 25.2. The van der Waals surface area contributed by atoms with Crippen LogP contribution in [0.1, 0.15) is 12.0 Å². The molecule has 5 nitrogen and oxygen atoms in total. The Morgan fingerprint density at radius 2 is 1.56 bits per heavy atom. The highest BCUT2D eigenvalue weighted by atomic mass is 32.1. The topological polar surface area (TPSA) is 58.0 Å². The SMILES string of the molecule is c1ccc(-c2nc(-c3nccs3)c(N3CCCc4ccccc43)c(-c3cc4ccccc4[nH]3)c2-c2cc3ccccc3o2)cc1. The van der Waals surface area contributed by atoms with Gasteiger partial charge in [0.05, 0.1) is 16.9 Å².